The van der Waals surface area contributed by atoms with Crippen LogP contribution in [0.25, 0.3) is 0 Å². The summed E-state index contributed by atoms with van der Waals surface area (Å²) in [6.07, 6.45) is 5.48. The van der Waals surface area contributed by atoms with Crippen molar-refractivity contribution in [1.29, 1.82) is 0 Å². The summed E-state index contributed by atoms with van der Waals surface area (Å²) in [6.45, 7) is 12.9. The molecule has 36 heavy (non-hydrogen) atoms. The molecule has 0 aromatic rings. The maximum atomic E-state index is 12.8. The van der Waals surface area contributed by atoms with Crippen molar-refractivity contribution in [2.45, 2.75) is 111 Å². The molecule has 5 N–H and O–H groups in total. The Bertz CT molecular complexity index is 974. The zero-order chi connectivity index (χ0) is 26.7. The molecule has 0 saturated heterocycles. The van der Waals surface area contributed by atoms with E-state index < -0.39 is 35.1 Å². The molecule has 204 valence electrons. The summed E-state index contributed by atoms with van der Waals surface area (Å²) in [6, 6.07) is 0. The van der Waals surface area contributed by atoms with E-state index in [9.17, 15) is 30.3 Å². The molecule has 0 aliphatic heterocycles. The maximum absolute atomic E-state index is 12.8. The molecule has 0 aromatic heterocycles. The van der Waals surface area contributed by atoms with Crippen LogP contribution < -0.4 is 0 Å². The largest absolute Gasteiger partial charge is 0.481 e. The zero-order valence-electron chi connectivity index (χ0n) is 23.0. The quantitative estimate of drug-likeness (QED) is 0.361. The van der Waals surface area contributed by atoms with E-state index in [1.165, 1.54) is 0 Å². The summed E-state index contributed by atoms with van der Waals surface area (Å²) >= 11 is 0. The van der Waals surface area contributed by atoms with Crippen LogP contribution in [0.2, 0.25) is 0 Å². The smallest absolute Gasteiger partial charge is 0.310 e. The van der Waals surface area contributed by atoms with Gasteiger partial charge in [-0.2, -0.15) is 0 Å². The Morgan fingerprint density at radius 1 is 0.917 bits per heavy atom. The summed E-state index contributed by atoms with van der Waals surface area (Å²) in [5, 5.41) is 54.5. The van der Waals surface area contributed by atoms with Gasteiger partial charge in [0.15, 0.2) is 0 Å². The van der Waals surface area contributed by atoms with Crippen LogP contribution in [-0.2, 0) is 4.79 Å². The number of allylic oxidation sites excluding steroid dienone is 1. The molecule has 6 heteroatoms. The Kier molecular flexibility index (Phi) is 5.77. The summed E-state index contributed by atoms with van der Waals surface area (Å²) in [5.41, 5.74) is -1.50. The van der Waals surface area contributed by atoms with Gasteiger partial charge in [-0.1, -0.05) is 53.2 Å². The molecule has 6 nitrogen and oxygen atoms in total. The van der Waals surface area contributed by atoms with E-state index in [-0.39, 0.29) is 46.0 Å². The summed E-state index contributed by atoms with van der Waals surface area (Å²) in [4.78, 5) is 12.8. The highest BCUT2D eigenvalue weighted by Gasteiger charge is 2.71. The van der Waals surface area contributed by atoms with Crippen molar-refractivity contribution >= 4 is 5.97 Å². The van der Waals surface area contributed by atoms with Gasteiger partial charge >= 0.3 is 5.97 Å². The molecule has 0 radical (unpaired) electrons. The highest BCUT2D eigenvalue weighted by molar-refractivity contribution is 5.77. The molecule has 11 atom stereocenters. The number of carboxylic acid groups (broad SMARTS) is 1. The van der Waals surface area contributed by atoms with Crippen LogP contribution in [0, 0.1) is 50.2 Å². The molecule has 0 heterocycles. The predicted octanol–water partition coefficient (Wildman–Crippen LogP) is 4.15. The first-order chi connectivity index (χ1) is 16.5. The number of aliphatic hydroxyl groups excluding tert-OH is 4. The van der Waals surface area contributed by atoms with Crippen molar-refractivity contribution in [2.75, 3.05) is 6.61 Å². The van der Waals surface area contributed by atoms with Crippen molar-refractivity contribution in [3.05, 3.63) is 11.6 Å². The van der Waals surface area contributed by atoms with Gasteiger partial charge in [0.2, 0.25) is 0 Å². The Hall–Kier alpha value is -0.950. The number of rotatable bonds is 2. The third kappa shape index (κ3) is 2.96. The number of carboxylic acids is 1. The molecule has 4 fully saturated rings. The van der Waals surface area contributed by atoms with Crippen LogP contribution >= 0.6 is 0 Å². The third-order valence-corrected chi connectivity index (χ3v) is 13.4. The van der Waals surface area contributed by atoms with E-state index in [0.717, 1.165) is 31.3 Å². The first-order valence-corrected chi connectivity index (χ1v) is 14.1. The van der Waals surface area contributed by atoms with Crippen molar-refractivity contribution in [3.8, 4) is 0 Å². The lowest BCUT2D eigenvalue weighted by atomic mass is 9.33. The lowest BCUT2D eigenvalue weighted by Gasteiger charge is -2.71. The Balaban J connectivity index is 1.63. The van der Waals surface area contributed by atoms with E-state index in [2.05, 4.69) is 40.7 Å². The van der Waals surface area contributed by atoms with Crippen LogP contribution in [0.3, 0.4) is 0 Å². The first kappa shape index (κ1) is 26.6. The monoisotopic (exact) mass is 504 g/mol. The van der Waals surface area contributed by atoms with Gasteiger partial charge < -0.3 is 25.5 Å². The second-order valence-electron chi connectivity index (χ2n) is 15.0. The van der Waals surface area contributed by atoms with Crippen molar-refractivity contribution in [1.82, 2.24) is 0 Å². The number of aliphatic hydroxyl groups is 4. The number of aliphatic carboxylic acids is 1. The Morgan fingerprint density at radius 2 is 1.56 bits per heavy atom. The van der Waals surface area contributed by atoms with Gasteiger partial charge in [0.1, 0.15) is 0 Å². The predicted molar refractivity (Wildman–Crippen MR) is 137 cm³/mol. The van der Waals surface area contributed by atoms with Crippen LogP contribution in [0.4, 0.5) is 0 Å². The standard InChI is InChI=1S/C30H48O6/c1-25(2)11-13-30(24(35)36)14-12-28(5)17(21(30)23(25)34)7-8-20-26(3)15-18(32)22(33)27(4,16-31)19(26)9-10-29(20,28)6/h7,18-23,31-34H,8-16H2,1-6H3,(H,35,36)/t18?,19?,20?,21?,22?,23?,26-,27-,28+,29+,30-/m0/s1. The van der Waals surface area contributed by atoms with Crippen LogP contribution in [0.5, 0.6) is 0 Å². The van der Waals surface area contributed by atoms with Gasteiger partial charge in [0, 0.05) is 11.3 Å². The van der Waals surface area contributed by atoms with Crippen molar-refractivity contribution < 1.29 is 30.3 Å². The Labute approximate surface area is 216 Å². The van der Waals surface area contributed by atoms with Crippen molar-refractivity contribution in [2.24, 2.45) is 50.2 Å². The third-order valence-electron chi connectivity index (χ3n) is 13.4. The molecule has 0 bridgehead atoms. The number of hydrogen-bond acceptors (Lipinski definition) is 5. The van der Waals surface area contributed by atoms with Crippen LogP contribution in [0.1, 0.15) is 92.9 Å². The van der Waals surface area contributed by atoms with Crippen LogP contribution in [-0.4, -0.2) is 56.4 Å². The Morgan fingerprint density at radius 3 is 2.17 bits per heavy atom. The molecule has 4 saturated carbocycles. The first-order valence-electron chi connectivity index (χ1n) is 14.1. The molecule has 5 rings (SSSR count). The molecule has 0 aromatic carbocycles. The normalized spacial score (nSPS) is 55.9. The highest BCUT2D eigenvalue weighted by Crippen LogP contribution is 2.75. The lowest BCUT2D eigenvalue weighted by molar-refractivity contribution is -0.245. The van der Waals surface area contributed by atoms with Gasteiger partial charge in [0.05, 0.1) is 30.3 Å². The minimum absolute atomic E-state index is 0.0888. The fraction of sp³-hybridized carbons (Fsp3) is 0.900. The summed E-state index contributed by atoms with van der Waals surface area (Å²) in [7, 11) is 0. The maximum Gasteiger partial charge on any atom is 0.310 e. The van der Waals surface area contributed by atoms with Crippen molar-refractivity contribution in [3.63, 3.8) is 0 Å². The molecule has 0 amide bonds. The highest BCUT2D eigenvalue weighted by atomic mass is 16.4. The minimum atomic E-state index is -0.944. The fourth-order valence-electron chi connectivity index (χ4n) is 10.8. The van der Waals surface area contributed by atoms with Gasteiger partial charge in [-0.3, -0.25) is 4.79 Å². The molecule has 5 aliphatic rings. The summed E-state index contributed by atoms with van der Waals surface area (Å²) < 4.78 is 0. The average Bonchev–Trinajstić information content (AvgIpc) is 2.80. The van der Waals surface area contributed by atoms with Gasteiger partial charge in [-0.25, -0.2) is 0 Å². The topological polar surface area (TPSA) is 118 Å². The van der Waals surface area contributed by atoms with E-state index in [0.29, 0.717) is 25.7 Å². The van der Waals surface area contributed by atoms with E-state index in [4.69, 9.17) is 0 Å². The van der Waals surface area contributed by atoms with E-state index in [1.54, 1.807) is 0 Å². The zero-order valence-corrected chi connectivity index (χ0v) is 23.0. The van der Waals surface area contributed by atoms with Gasteiger partial charge in [-0.15, -0.1) is 0 Å². The fourth-order valence-corrected chi connectivity index (χ4v) is 10.8. The van der Waals surface area contributed by atoms with Crippen LogP contribution in [0.15, 0.2) is 11.6 Å². The number of hydrogen-bond donors (Lipinski definition) is 5. The molecule has 0 spiro atoms. The molecular formula is C30H48O6. The second kappa shape index (κ2) is 7.80. The molecule has 6 unspecified atom stereocenters. The second-order valence-corrected chi connectivity index (χ2v) is 15.0. The SMILES string of the molecule is CC1(C)CC[C@]2(C(=O)O)CC[C@]3(C)C(=CCC4[C@@]5(C)CC(O)C(O)[C@@](C)(CO)C5CC[C@]43C)C2C1O. The molecular weight excluding hydrogens is 456 g/mol. The molecule has 5 aliphatic carbocycles. The van der Waals surface area contributed by atoms with Gasteiger partial charge in [-0.05, 0) is 84.9 Å². The minimum Gasteiger partial charge on any atom is -0.481 e. The lowest BCUT2D eigenvalue weighted by Crippen LogP contribution is -2.69. The van der Waals surface area contributed by atoms with E-state index in [1.807, 2.05) is 6.92 Å². The number of fused-ring (bicyclic) bond motifs is 7. The summed E-state index contributed by atoms with van der Waals surface area (Å²) in [5.74, 6) is -0.833. The van der Waals surface area contributed by atoms with E-state index >= 15 is 0 Å². The average molecular weight is 505 g/mol. The van der Waals surface area contributed by atoms with Gasteiger partial charge in [0.25, 0.3) is 0 Å². The number of carbonyl (C=O) groups is 1.